The lowest BCUT2D eigenvalue weighted by Gasteiger charge is -2.37. The van der Waals surface area contributed by atoms with E-state index in [4.69, 9.17) is 0 Å². The molecule has 2 N–H and O–H groups in total. The summed E-state index contributed by atoms with van der Waals surface area (Å²) < 4.78 is 2.18. The van der Waals surface area contributed by atoms with Gasteiger partial charge in [0, 0.05) is 24.8 Å². The molecule has 1 aliphatic heterocycles. The first-order chi connectivity index (χ1) is 9.56. The Labute approximate surface area is 114 Å². The van der Waals surface area contributed by atoms with Gasteiger partial charge in [-0.25, -0.2) is 28.7 Å². The Kier molecular flexibility index (Phi) is 2.71. The molecule has 1 fully saturated rings. The van der Waals surface area contributed by atoms with E-state index in [1.54, 1.807) is 0 Å². The molecule has 1 aliphatic rings. The summed E-state index contributed by atoms with van der Waals surface area (Å²) in [6, 6.07) is 1.53. The molecule has 9 heteroatoms. The van der Waals surface area contributed by atoms with E-state index in [1.165, 1.54) is 24.8 Å². The van der Waals surface area contributed by atoms with Gasteiger partial charge in [-0.3, -0.25) is 0 Å². The minimum Gasteiger partial charge on any atom is -0.464 e. The maximum Gasteiger partial charge on any atom is 0.416 e. The molecule has 2 aromatic rings. The summed E-state index contributed by atoms with van der Waals surface area (Å²) in [5.74, 6) is 0. The van der Waals surface area contributed by atoms with Crippen molar-refractivity contribution in [1.82, 2.24) is 19.1 Å². The van der Waals surface area contributed by atoms with Gasteiger partial charge < -0.3 is 10.2 Å². The maximum atomic E-state index is 11.3. The van der Waals surface area contributed by atoms with Crippen molar-refractivity contribution in [3.8, 4) is 0 Å². The highest BCUT2D eigenvalue weighted by atomic mass is 28.3. The van der Waals surface area contributed by atoms with Crippen LogP contribution in [0.2, 0.25) is 12.1 Å². The van der Waals surface area contributed by atoms with Crippen LogP contribution in [-0.4, -0.2) is 49.6 Å². The van der Waals surface area contributed by atoms with Crippen molar-refractivity contribution in [2.24, 2.45) is 0 Å². The number of rotatable bonds is 2. The minimum absolute atomic E-state index is 0.463. The summed E-state index contributed by atoms with van der Waals surface area (Å²) in [6.07, 6.45) is 4.37. The first-order valence-electron chi connectivity index (χ1n) is 6.10. The monoisotopic (exact) mass is 292 g/mol. The summed E-state index contributed by atoms with van der Waals surface area (Å²) in [5.41, 5.74) is 0.926. The minimum atomic E-state index is -2.46. The smallest absolute Gasteiger partial charge is 0.416 e. The zero-order valence-electron chi connectivity index (χ0n) is 10.4. The number of carboxylic acid groups (broad SMARTS) is 2. The quantitative estimate of drug-likeness (QED) is 0.759. The van der Waals surface area contributed by atoms with Crippen molar-refractivity contribution >= 4 is 31.2 Å². The van der Waals surface area contributed by atoms with Crippen molar-refractivity contribution in [2.75, 3.05) is 0 Å². The van der Waals surface area contributed by atoms with E-state index in [0.29, 0.717) is 10.9 Å². The lowest BCUT2D eigenvalue weighted by atomic mass is 10.5. The molecule has 0 radical (unpaired) electrons. The summed E-state index contributed by atoms with van der Waals surface area (Å²) in [7, 11) is -2.46. The highest BCUT2D eigenvalue weighted by Crippen LogP contribution is 2.31. The van der Waals surface area contributed by atoms with E-state index in [-0.39, 0.29) is 0 Å². The summed E-state index contributed by atoms with van der Waals surface area (Å²) in [5, 5.41) is 18.4. The Hall–Kier alpha value is -2.42. The zero-order valence-corrected chi connectivity index (χ0v) is 11.4. The molecule has 0 bridgehead atoms. The third-order valence-corrected chi connectivity index (χ3v) is 8.62. The molecule has 3 heterocycles. The lowest BCUT2D eigenvalue weighted by molar-refractivity contribution is 0.196. The first-order valence-corrected chi connectivity index (χ1v) is 8.52. The topological polar surface area (TPSA) is 110 Å². The van der Waals surface area contributed by atoms with Gasteiger partial charge in [-0.15, -0.1) is 0 Å². The van der Waals surface area contributed by atoms with Crippen LogP contribution < -0.4 is 10.9 Å². The standard InChI is InChI=1S/C11H12N4O4Si/c16-10(17)14-4-2-12-8(14)20(6-1-7-20)9-13-3-5-15(9)11(18)19/h2-5H,1,6-7H2,(H,16,17)(H,18,19). The van der Waals surface area contributed by atoms with E-state index < -0.39 is 20.3 Å². The lowest BCUT2D eigenvalue weighted by Crippen LogP contribution is -2.69. The Balaban J connectivity index is 2.17. The van der Waals surface area contributed by atoms with Crippen LogP contribution in [0.15, 0.2) is 24.8 Å². The van der Waals surface area contributed by atoms with Crippen molar-refractivity contribution in [3.63, 3.8) is 0 Å². The van der Waals surface area contributed by atoms with Crippen LogP contribution >= 0.6 is 0 Å². The predicted octanol–water partition coefficient (Wildman–Crippen LogP) is 0.0985. The van der Waals surface area contributed by atoms with Crippen molar-refractivity contribution in [3.05, 3.63) is 24.8 Å². The van der Waals surface area contributed by atoms with Crippen LogP contribution in [-0.2, 0) is 0 Å². The van der Waals surface area contributed by atoms with Gasteiger partial charge in [-0.1, -0.05) is 6.42 Å². The third-order valence-electron chi connectivity index (χ3n) is 3.76. The second-order valence-corrected chi connectivity index (χ2v) is 8.80. The van der Waals surface area contributed by atoms with Crippen molar-refractivity contribution in [2.45, 2.75) is 18.5 Å². The summed E-state index contributed by atoms with van der Waals surface area (Å²) >= 11 is 0. The molecule has 0 spiro atoms. The average Bonchev–Trinajstić information content (AvgIpc) is 2.95. The molecule has 0 saturated carbocycles. The third kappa shape index (κ3) is 1.59. The number of carbonyl (C=O) groups is 2. The van der Waals surface area contributed by atoms with Crippen LogP contribution in [0.3, 0.4) is 0 Å². The summed E-state index contributed by atoms with van der Waals surface area (Å²) in [6.45, 7) is 0. The van der Waals surface area contributed by atoms with Crippen molar-refractivity contribution in [1.29, 1.82) is 0 Å². The van der Waals surface area contributed by atoms with Crippen molar-refractivity contribution < 1.29 is 19.8 Å². The molecule has 3 rings (SSSR count). The average molecular weight is 292 g/mol. The van der Waals surface area contributed by atoms with Gasteiger partial charge in [0.1, 0.15) is 10.9 Å². The number of hydrogen-bond donors (Lipinski definition) is 2. The fourth-order valence-corrected chi connectivity index (χ4v) is 6.76. The van der Waals surface area contributed by atoms with Gasteiger partial charge in [0.2, 0.25) is 8.07 Å². The maximum absolute atomic E-state index is 11.3. The number of imidazole rings is 2. The van der Waals surface area contributed by atoms with Crippen LogP contribution in [0, 0.1) is 0 Å². The molecule has 0 aliphatic carbocycles. The Bertz CT molecular complexity index is 634. The molecule has 0 unspecified atom stereocenters. The fraction of sp³-hybridized carbons (Fsp3) is 0.273. The summed E-state index contributed by atoms with van der Waals surface area (Å²) in [4.78, 5) is 30.9. The number of hydrogen-bond acceptors (Lipinski definition) is 4. The van der Waals surface area contributed by atoms with E-state index in [2.05, 4.69) is 9.97 Å². The molecule has 2 aromatic heterocycles. The number of aromatic nitrogens is 4. The Morgan fingerprint density at radius 3 is 1.75 bits per heavy atom. The van der Waals surface area contributed by atoms with Gasteiger partial charge in [-0.2, -0.15) is 0 Å². The number of nitrogens with zero attached hydrogens (tertiary/aromatic N) is 4. The van der Waals surface area contributed by atoms with E-state index in [9.17, 15) is 19.8 Å². The molecule has 20 heavy (non-hydrogen) atoms. The molecule has 8 nitrogen and oxygen atoms in total. The van der Waals surface area contributed by atoms with Crippen LogP contribution in [0.25, 0.3) is 0 Å². The molecule has 1 saturated heterocycles. The second kappa shape index (κ2) is 4.30. The molecular weight excluding hydrogens is 280 g/mol. The van der Waals surface area contributed by atoms with E-state index in [0.717, 1.165) is 27.6 Å². The van der Waals surface area contributed by atoms with E-state index in [1.807, 2.05) is 0 Å². The first kappa shape index (κ1) is 12.6. The van der Waals surface area contributed by atoms with Crippen LogP contribution in [0.1, 0.15) is 6.42 Å². The molecule has 0 atom stereocenters. The SMILES string of the molecule is O=C(O)n1ccnc1[Si]1(c2nccn2C(=O)O)CCC1. The van der Waals surface area contributed by atoms with E-state index >= 15 is 0 Å². The van der Waals surface area contributed by atoms with Gasteiger partial charge in [-0.05, 0) is 12.1 Å². The molecular formula is C11H12N4O4Si. The van der Waals surface area contributed by atoms with Crippen LogP contribution in [0.5, 0.6) is 0 Å². The molecule has 104 valence electrons. The second-order valence-electron chi connectivity index (χ2n) is 4.74. The highest BCUT2D eigenvalue weighted by molar-refractivity contribution is 7.02. The largest absolute Gasteiger partial charge is 0.464 e. The van der Waals surface area contributed by atoms with Gasteiger partial charge in [0.05, 0.1) is 0 Å². The fourth-order valence-electron chi connectivity index (χ4n) is 2.70. The zero-order chi connectivity index (χ0) is 14.3. The normalized spacial score (nSPS) is 16.6. The Morgan fingerprint density at radius 1 is 1.00 bits per heavy atom. The molecule has 0 aromatic carbocycles. The van der Waals surface area contributed by atoms with Gasteiger partial charge in [0.25, 0.3) is 0 Å². The Morgan fingerprint density at radius 2 is 1.45 bits per heavy atom. The highest BCUT2D eigenvalue weighted by Gasteiger charge is 2.51. The van der Waals surface area contributed by atoms with Gasteiger partial charge >= 0.3 is 12.2 Å². The molecule has 0 amide bonds. The van der Waals surface area contributed by atoms with Crippen LogP contribution in [0.4, 0.5) is 9.59 Å². The van der Waals surface area contributed by atoms with Gasteiger partial charge in [0.15, 0.2) is 0 Å². The predicted molar refractivity (Wildman–Crippen MR) is 70.6 cm³/mol.